The molecule has 8 nitrogen and oxygen atoms in total. The molecular weight excluding hydrogens is 420 g/mol. The fraction of sp³-hybridized carbons (Fsp3) is 0.368. The van der Waals surface area contributed by atoms with Crippen LogP contribution in [0, 0.1) is 0 Å². The van der Waals surface area contributed by atoms with Crippen molar-refractivity contribution in [3.8, 4) is 28.7 Å². The van der Waals surface area contributed by atoms with E-state index in [0.717, 1.165) is 29.6 Å². The van der Waals surface area contributed by atoms with Crippen molar-refractivity contribution in [3.05, 3.63) is 29.3 Å². The quantitative estimate of drug-likeness (QED) is 0.249. The summed E-state index contributed by atoms with van der Waals surface area (Å²) in [5.41, 5.74) is 0.745. The molecular formula is C19H22O8S2. The standard InChI is InChI=1S/C19H22O8S2/c20-1-3-28-15-8-11(19(29-4-2-21)17(26)16(15)25)18-13(24)7-10-12(23)5-9(22)6-14(10)27-18/h5-6,8,13,18,20-26H,1-4,7H2/t13-,18-/m1/s1. The molecule has 0 bridgehead atoms. The zero-order valence-corrected chi connectivity index (χ0v) is 16.9. The minimum atomic E-state index is -1.08. The molecule has 1 aliphatic rings. The minimum absolute atomic E-state index is 0.0526. The highest BCUT2D eigenvalue weighted by molar-refractivity contribution is 7.99. The second-order valence-corrected chi connectivity index (χ2v) is 8.63. The van der Waals surface area contributed by atoms with Gasteiger partial charge in [-0.15, -0.1) is 23.5 Å². The van der Waals surface area contributed by atoms with Crippen molar-refractivity contribution in [3.63, 3.8) is 0 Å². The van der Waals surface area contributed by atoms with Gasteiger partial charge in [-0.25, -0.2) is 0 Å². The van der Waals surface area contributed by atoms with Gasteiger partial charge in [-0.2, -0.15) is 0 Å². The highest BCUT2D eigenvalue weighted by atomic mass is 32.2. The Morgan fingerprint density at radius 2 is 1.62 bits per heavy atom. The second kappa shape index (κ2) is 9.23. The van der Waals surface area contributed by atoms with Crippen LogP contribution in [-0.4, -0.2) is 66.6 Å². The first-order chi connectivity index (χ1) is 13.9. The van der Waals surface area contributed by atoms with Crippen molar-refractivity contribution in [2.75, 3.05) is 24.7 Å². The van der Waals surface area contributed by atoms with Gasteiger partial charge < -0.3 is 40.5 Å². The fourth-order valence-corrected chi connectivity index (χ4v) is 4.77. The van der Waals surface area contributed by atoms with Gasteiger partial charge in [0.2, 0.25) is 0 Å². The molecule has 0 radical (unpaired) electrons. The molecule has 7 N–H and O–H groups in total. The smallest absolute Gasteiger partial charge is 0.172 e. The monoisotopic (exact) mass is 442 g/mol. The highest BCUT2D eigenvalue weighted by Crippen LogP contribution is 2.50. The van der Waals surface area contributed by atoms with Crippen LogP contribution in [0.25, 0.3) is 0 Å². The average Bonchev–Trinajstić information content (AvgIpc) is 2.68. The first kappa shape index (κ1) is 21.7. The SMILES string of the molecule is OCCSc1cc([C@H]2Oc3cc(O)cc(O)c3C[C@H]2O)c(SCCO)c(O)c1O. The van der Waals surface area contributed by atoms with E-state index in [1.54, 1.807) is 6.07 Å². The van der Waals surface area contributed by atoms with Crippen molar-refractivity contribution in [1.82, 2.24) is 0 Å². The maximum Gasteiger partial charge on any atom is 0.172 e. The Hall–Kier alpha value is -1.98. The first-order valence-corrected chi connectivity index (χ1v) is 10.8. The Morgan fingerprint density at radius 3 is 2.31 bits per heavy atom. The zero-order chi connectivity index (χ0) is 21.1. The number of hydrogen-bond acceptors (Lipinski definition) is 10. The lowest BCUT2D eigenvalue weighted by molar-refractivity contribution is 0.0180. The molecule has 0 spiro atoms. The molecule has 158 valence electrons. The third-order valence-electron chi connectivity index (χ3n) is 4.40. The molecule has 2 atom stereocenters. The molecule has 2 aromatic carbocycles. The van der Waals surface area contributed by atoms with Gasteiger partial charge in [-0.1, -0.05) is 0 Å². The van der Waals surface area contributed by atoms with Gasteiger partial charge in [-0.3, -0.25) is 0 Å². The summed E-state index contributed by atoms with van der Waals surface area (Å²) in [5, 5.41) is 69.6. The number of hydrogen-bond donors (Lipinski definition) is 7. The van der Waals surface area contributed by atoms with Gasteiger partial charge in [0.05, 0.1) is 29.1 Å². The van der Waals surface area contributed by atoms with Gasteiger partial charge in [0.1, 0.15) is 17.2 Å². The lowest BCUT2D eigenvalue weighted by Gasteiger charge is -2.33. The van der Waals surface area contributed by atoms with Crippen LogP contribution in [0.3, 0.4) is 0 Å². The molecule has 0 unspecified atom stereocenters. The van der Waals surface area contributed by atoms with E-state index in [9.17, 15) is 25.5 Å². The van der Waals surface area contributed by atoms with Gasteiger partial charge in [0.25, 0.3) is 0 Å². The second-order valence-electron chi connectivity index (χ2n) is 6.39. The number of aromatic hydroxyl groups is 4. The van der Waals surface area contributed by atoms with Crippen LogP contribution in [0.5, 0.6) is 28.7 Å². The van der Waals surface area contributed by atoms with Crippen molar-refractivity contribution in [2.24, 2.45) is 0 Å². The van der Waals surface area contributed by atoms with Crippen LogP contribution in [-0.2, 0) is 6.42 Å². The highest BCUT2D eigenvalue weighted by Gasteiger charge is 2.35. The molecule has 2 aromatic rings. The molecule has 0 fully saturated rings. The summed E-state index contributed by atoms with van der Waals surface area (Å²) in [7, 11) is 0. The largest absolute Gasteiger partial charge is 0.508 e. The van der Waals surface area contributed by atoms with E-state index in [0.29, 0.717) is 16.0 Å². The van der Waals surface area contributed by atoms with Gasteiger partial charge in [0, 0.05) is 41.2 Å². The van der Waals surface area contributed by atoms with E-state index in [1.807, 2.05) is 0 Å². The minimum Gasteiger partial charge on any atom is -0.508 e. The maximum absolute atomic E-state index is 10.7. The summed E-state index contributed by atoms with van der Waals surface area (Å²) in [6.07, 6.45) is -1.98. The normalized spacial score (nSPS) is 18.3. The van der Waals surface area contributed by atoms with E-state index in [4.69, 9.17) is 14.9 Å². The Kier molecular flexibility index (Phi) is 6.91. The first-order valence-electron chi connectivity index (χ1n) is 8.83. The summed E-state index contributed by atoms with van der Waals surface area (Å²) >= 11 is 2.22. The molecule has 3 rings (SSSR count). The number of ether oxygens (including phenoxy) is 1. The number of aliphatic hydroxyl groups excluding tert-OH is 3. The number of thioether (sulfide) groups is 2. The topological polar surface area (TPSA) is 151 Å². The Labute approximate surface area is 175 Å². The van der Waals surface area contributed by atoms with Gasteiger partial charge >= 0.3 is 0 Å². The lowest BCUT2D eigenvalue weighted by atomic mass is 9.93. The third-order valence-corrected chi connectivity index (χ3v) is 6.51. The molecule has 0 saturated heterocycles. The predicted molar refractivity (Wildman–Crippen MR) is 108 cm³/mol. The molecule has 29 heavy (non-hydrogen) atoms. The summed E-state index contributed by atoms with van der Waals surface area (Å²) in [5.74, 6) is -0.416. The Morgan fingerprint density at radius 1 is 0.931 bits per heavy atom. The number of aliphatic hydroxyl groups is 3. The van der Waals surface area contributed by atoms with E-state index in [1.165, 1.54) is 6.07 Å². The number of phenols is 4. The average molecular weight is 443 g/mol. The van der Waals surface area contributed by atoms with Crippen molar-refractivity contribution in [2.45, 2.75) is 28.4 Å². The number of rotatable bonds is 7. The van der Waals surface area contributed by atoms with E-state index in [-0.39, 0.29) is 59.0 Å². The van der Waals surface area contributed by atoms with Crippen LogP contribution in [0.1, 0.15) is 17.2 Å². The molecule has 0 aliphatic carbocycles. The molecule has 0 saturated carbocycles. The fourth-order valence-electron chi connectivity index (χ4n) is 3.14. The van der Waals surface area contributed by atoms with Crippen molar-refractivity contribution in [1.29, 1.82) is 0 Å². The van der Waals surface area contributed by atoms with Crippen molar-refractivity contribution >= 4 is 23.5 Å². The molecule has 0 aromatic heterocycles. The van der Waals surface area contributed by atoms with Crippen LogP contribution >= 0.6 is 23.5 Å². The summed E-state index contributed by atoms with van der Waals surface area (Å²) in [6.45, 7) is -0.292. The van der Waals surface area contributed by atoms with Crippen LogP contribution < -0.4 is 4.74 Å². The van der Waals surface area contributed by atoms with Gasteiger partial charge in [-0.05, 0) is 6.07 Å². The number of benzene rings is 2. The van der Waals surface area contributed by atoms with Gasteiger partial charge in [0.15, 0.2) is 17.6 Å². The Balaban J connectivity index is 2.08. The van der Waals surface area contributed by atoms with E-state index in [2.05, 4.69) is 0 Å². The van der Waals surface area contributed by atoms with Crippen LogP contribution in [0.2, 0.25) is 0 Å². The molecule has 1 heterocycles. The summed E-state index contributed by atoms with van der Waals surface area (Å²) < 4.78 is 5.87. The molecule has 0 amide bonds. The summed E-state index contributed by atoms with van der Waals surface area (Å²) in [6, 6.07) is 4.06. The zero-order valence-electron chi connectivity index (χ0n) is 15.3. The maximum atomic E-state index is 10.7. The van der Waals surface area contributed by atoms with E-state index < -0.39 is 18.0 Å². The predicted octanol–water partition coefficient (Wildman–Crippen LogP) is 1.71. The third kappa shape index (κ3) is 4.46. The molecule has 1 aliphatic heterocycles. The van der Waals surface area contributed by atoms with Crippen LogP contribution in [0.15, 0.2) is 28.0 Å². The van der Waals surface area contributed by atoms with E-state index >= 15 is 0 Å². The number of phenolic OH excluding ortho intramolecular Hbond substituents is 4. The van der Waals surface area contributed by atoms with Crippen molar-refractivity contribution < 1.29 is 40.5 Å². The molecule has 10 heteroatoms. The Bertz CT molecular complexity index is 889. The summed E-state index contributed by atoms with van der Waals surface area (Å²) in [4.78, 5) is 0.557. The van der Waals surface area contributed by atoms with Crippen LogP contribution in [0.4, 0.5) is 0 Å². The lowest BCUT2D eigenvalue weighted by Crippen LogP contribution is -2.30. The number of fused-ring (bicyclic) bond motifs is 1.